The van der Waals surface area contributed by atoms with Crippen LogP contribution >= 0.6 is 0 Å². The number of nitrogens with zero attached hydrogens (tertiary/aromatic N) is 1. The molecule has 0 bridgehead atoms. The number of piperazine rings is 1. The molecule has 170 valence electrons. The molecule has 1 aliphatic heterocycles. The first-order chi connectivity index (χ1) is 14.7. The third-order valence-electron chi connectivity index (χ3n) is 5.86. The Bertz CT molecular complexity index is 622. The molecule has 6 heteroatoms. The number of benzene rings is 1. The molecule has 6 nitrogen and oxygen atoms in total. The van der Waals surface area contributed by atoms with Crippen molar-refractivity contribution >= 4 is 11.6 Å². The Kier molecular flexibility index (Phi) is 11.0. The normalized spacial score (nSPS) is 19.6. The van der Waals surface area contributed by atoms with Crippen molar-refractivity contribution in [3.8, 4) is 5.75 Å². The SMILES string of the molecule is C1CN(CC2CC2)CCN1.CC.COc1cc(C(=O)NC2CCCCC2)ccc1N. The fraction of sp³-hybridized carbons (Fsp3) is 0.708. The molecule has 1 aromatic rings. The molecule has 3 aliphatic rings. The molecule has 1 aromatic carbocycles. The van der Waals surface area contributed by atoms with E-state index in [4.69, 9.17) is 10.5 Å². The number of anilines is 1. The first kappa shape index (κ1) is 24.5. The van der Waals surface area contributed by atoms with E-state index >= 15 is 0 Å². The molecule has 4 N–H and O–H groups in total. The van der Waals surface area contributed by atoms with Crippen molar-refractivity contribution in [2.45, 2.75) is 64.8 Å². The number of nitrogen functional groups attached to an aromatic ring is 1. The van der Waals surface area contributed by atoms with Crippen molar-refractivity contribution in [3.05, 3.63) is 23.8 Å². The summed E-state index contributed by atoms with van der Waals surface area (Å²) in [4.78, 5) is 14.7. The fourth-order valence-electron chi connectivity index (χ4n) is 3.93. The maximum Gasteiger partial charge on any atom is 0.251 e. The topological polar surface area (TPSA) is 79.6 Å². The first-order valence-electron chi connectivity index (χ1n) is 11.8. The minimum atomic E-state index is -0.0415. The van der Waals surface area contributed by atoms with Gasteiger partial charge in [-0.05, 0) is 49.8 Å². The Balaban J connectivity index is 0.000000224. The number of hydrogen-bond acceptors (Lipinski definition) is 5. The van der Waals surface area contributed by atoms with Crippen molar-refractivity contribution in [3.63, 3.8) is 0 Å². The number of amides is 1. The molecule has 0 spiro atoms. The van der Waals surface area contributed by atoms with Gasteiger partial charge in [0.1, 0.15) is 5.75 Å². The molecular formula is C24H42N4O2. The smallest absolute Gasteiger partial charge is 0.251 e. The van der Waals surface area contributed by atoms with E-state index in [-0.39, 0.29) is 5.91 Å². The Morgan fingerprint density at radius 2 is 1.80 bits per heavy atom. The van der Waals surface area contributed by atoms with Crippen molar-refractivity contribution in [2.24, 2.45) is 5.92 Å². The van der Waals surface area contributed by atoms with Crippen LogP contribution in [0.15, 0.2) is 18.2 Å². The van der Waals surface area contributed by atoms with E-state index in [9.17, 15) is 4.79 Å². The van der Waals surface area contributed by atoms with E-state index in [0.717, 1.165) is 18.8 Å². The summed E-state index contributed by atoms with van der Waals surface area (Å²) in [6.45, 7) is 10.3. The minimum absolute atomic E-state index is 0.0415. The second-order valence-electron chi connectivity index (χ2n) is 8.26. The van der Waals surface area contributed by atoms with Gasteiger partial charge in [0.2, 0.25) is 0 Å². The number of nitrogens with one attached hydrogen (secondary N) is 2. The Morgan fingerprint density at radius 3 is 2.40 bits per heavy atom. The van der Waals surface area contributed by atoms with Gasteiger partial charge in [-0.3, -0.25) is 4.79 Å². The predicted octanol–water partition coefficient (Wildman–Crippen LogP) is 3.67. The molecule has 1 amide bonds. The standard InChI is InChI=1S/C14H20N2O2.C8H16N2.C2H6/c1-18-13-9-10(7-8-12(13)15)14(17)16-11-5-3-2-4-6-11;1-2-8(1)7-10-5-3-9-4-6-10;1-2/h7-9,11H,2-6,15H2,1H3,(H,16,17);8-9H,1-7H2;1-2H3. The third-order valence-corrected chi connectivity index (χ3v) is 5.86. The summed E-state index contributed by atoms with van der Waals surface area (Å²) in [6, 6.07) is 5.44. The molecule has 1 saturated heterocycles. The van der Waals surface area contributed by atoms with Crippen LogP contribution in [-0.4, -0.2) is 56.7 Å². The van der Waals surface area contributed by atoms with E-state index in [1.54, 1.807) is 25.3 Å². The van der Waals surface area contributed by atoms with E-state index in [1.165, 1.54) is 64.8 Å². The second-order valence-corrected chi connectivity index (χ2v) is 8.26. The lowest BCUT2D eigenvalue weighted by atomic mass is 9.95. The van der Waals surface area contributed by atoms with Crippen molar-refractivity contribution in [1.82, 2.24) is 15.5 Å². The number of rotatable bonds is 5. The maximum absolute atomic E-state index is 12.1. The molecule has 4 rings (SSSR count). The second kappa shape index (κ2) is 13.5. The predicted molar refractivity (Wildman–Crippen MR) is 125 cm³/mol. The van der Waals surface area contributed by atoms with Crippen LogP contribution in [0.3, 0.4) is 0 Å². The largest absolute Gasteiger partial charge is 0.495 e. The Morgan fingerprint density at radius 1 is 1.13 bits per heavy atom. The van der Waals surface area contributed by atoms with Gasteiger partial charge in [0.25, 0.3) is 5.91 Å². The molecule has 0 radical (unpaired) electrons. The van der Waals surface area contributed by atoms with E-state index in [0.29, 0.717) is 23.0 Å². The highest BCUT2D eigenvalue weighted by Gasteiger charge is 2.24. The average Bonchev–Trinajstić information content (AvgIpc) is 3.61. The van der Waals surface area contributed by atoms with Gasteiger partial charge in [0, 0.05) is 44.3 Å². The average molecular weight is 419 g/mol. The highest BCUT2D eigenvalue weighted by atomic mass is 16.5. The first-order valence-corrected chi connectivity index (χ1v) is 11.8. The third kappa shape index (κ3) is 8.52. The summed E-state index contributed by atoms with van der Waals surface area (Å²) in [5, 5.41) is 6.44. The molecule has 30 heavy (non-hydrogen) atoms. The molecule has 0 aromatic heterocycles. The number of nitrogens with two attached hydrogens (primary N) is 1. The van der Waals surface area contributed by atoms with Crippen LogP contribution in [0.4, 0.5) is 5.69 Å². The molecule has 0 atom stereocenters. The van der Waals surface area contributed by atoms with Gasteiger partial charge >= 0.3 is 0 Å². The molecule has 1 heterocycles. The summed E-state index contributed by atoms with van der Waals surface area (Å²) in [5.41, 5.74) is 6.88. The summed E-state index contributed by atoms with van der Waals surface area (Å²) in [7, 11) is 1.55. The molecule has 2 saturated carbocycles. The number of carbonyl (C=O) groups excluding carboxylic acids is 1. The van der Waals surface area contributed by atoms with Crippen LogP contribution in [0.5, 0.6) is 5.75 Å². The number of carbonyl (C=O) groups is 1. The van der Waals surface area contributed by atoms with Crippen molar-refractivity contribution in [1.29, 1.82) is 0 Å². The fourth-order valence-corrected chi connectivity index (χ4v) is 3.93. The van der Waals surface area contributed by atoms with Gasteiger partial charge in [-0.25, -0.2) is 0 Å². The van der Waals surface area contributed by atoms with Crippen molar-refractivity contribution in [2.75, 3.05) is 45.6 Å². The summed E-state index contributed by atoms with van der Waals surface area (Å²) >= 11 is 0. The van der Waals surface area contributed by atoms with Crippen LogP contribution in [0, 0.1) is 5.92 Å². The monoisotopic (exact) mass is 418 g/mol. The molecule has 2 aliphatic carbocycles. The zero-order valence-corrected chi connectivity index (χ0v) is 19.2. The van der Waals surface area contributed by atoms with E-state index in [2.05, 4.69) is 15.5 Å². The number of hydrogen-bond donors (Lipinski definition) is 3. The highest BCUT2D eigenvalue weighted by Crippen LogP contribution is 2.29. The van der Waals surface area contributed by atoms with Crippen LogP contribution in [-0.2, 0) is 0 Å². The van der Waals surface area contributed by atoms with Gasteiger partial charge < -0.3 is 26.0 Å². The number of methoxy groups -OCH3 is 1. The maximum atomic E-state index is 12.1. The molecule has 3 fully saturated rings. The summed E-state index contributed by atoms with van der Waals surface area (Å²) in [6.07, 6.45) is 8.83. The van der Waals surface area contributed by atoms with E-state index < -0.39 is 0 Å². The van der Waals surface area contributed by atoms with Gasteiger partial charge in [-0.1, -0.05) is 33.1 Å². The molecular weight excluding hydrogens is 376 g/mol. The summed E-state index contributed by atoms with van der Waals surface area (Å²) in [5.74, 6) is 1.57. The van der Waals surface area contributed by atoms with Crippen LogP contribution in [0.25, 0.3) is 0 Å². The lowest BCUT2D eigenvalue weighted by molar-refractivity contribution is 0.0927. The zero-order chi connectivity index (χ0) is 21.8. The molecule has 0 unspecified atom stereocenters. The van der Waals surface area contributed by atoms with Crippen LogP contribution in [0.1, 0.15) is 69.2 Å². The minimum Gasteiger partial charge on any atom is -0.495 e. The van der Waals surface area contributed by atoms with Gasteiger partial charge in [0.05, 0.1) is 12.8 Å². The van der Waals surface area contributed by atoms with Crippen LogP contribution < -0.4 is 21.1 Å². The van der Waals surface area contributed by atoms with Crippen molar-refractivity contribution < 1.29 is 9.53 Å². The summed E-state index contributed by atoms with van der Waals surface area (Å²) < 4.78 is 5.12. The Labute approximate surface area is 182 Å². The lowest BCUT2D eigenvalue weighted by Gasteiger charge is -2.26. The Hall–Kier alpha value is -1.79. The van der Waals surface area contributed by atoms with Gasteiger partial charge in [-0.15, -0.1) is 0 Å². The number of ether oxygens (including phenoxy) is 1. The van der Waals surface area contributed by atoms with Gasteiger partial charge in [0.15, 0.2) is 0 Å². The quantitative estimate of drug-likeness (QED) is 0.636. The van der Waals surface area contributed by atoms with Gasteiger partial charge in [-0.2, -0.15) is 0 Å². The van der Waals surface area contributed by atoms with Crippen LogP contribution in [0.2, 0.25) is 0 Å². The lowest BCUT2D eigenvalue weighted by Crippen LogP contribution is -2.44. The zero-order valence-electron chi connectivity index (χ0n) is 19.2. The highest BCUT2D eigenvalue weighted by molar-refractivity contribution is 5.95. The van der Waals surface area contributed by atoms with E-state index in [1.807, 2.05) is 13.8 Å².